The second-order valence-corrected chi connectivity index (χ2v) is 4.62. The van der Waals surface area contributed by atoms with Crippen LogP contribution in [-0.4, -0.2) is 21.0 Å². The maximum atomic E-state index is 10.2. The van der Waals surface area contributed by atoms with Crippen LogP contribution in [0, 0.1) is 19.8 Å². The molecule has 1 rings (SSSR count). The summed E-state index contributed by atoms with van der Waals surface area (Å²) in [6, 6.07) is 0. The van der Waals surface area contributed by atoms with E-state index in [2.05, 4.69) is 25.9 Å². The molecule has 92 valence electrons. The summed E-state index contributed by atoms with van der Waals surface area (Å²) >= 11 is 0. The van der Waals surface area contributed by atoms with E-state index in [0.717, 1.165) is 25.0 Å². The van der Waals surface area contributed by atoms with Gasteiger partial charge >= 0.3 is 0 Å². The minimum Gasteiger partial charge on any atom is -0.392 e. The summed E-state index contributed by atoms with van der Waals surface area (Å²) in [7, 11) is 1.95. The molecule has 1 aromatic heterocycles. The van der Waals surface area contributed by atoms with Gasteiger partial charge in [-0.3, -0.25) is 4.68 Å². The van der Waals surface area contributed by atoms with Gasteiger partial charge in [-0.15, -0.1) is 0 Å². The predicted molar refractivity (Wildman–Crippen MR) is 66.5 cm³/mol. The van der Waals surface area contributed by atoms with E-state index in [1.807, 2.05) is 18.7 Å². The highest BCUT2D eigenvalue weighted by atomic mass is 16.3. The molecule has 0 spiro atoms. The monoisotopic (exact) mass is 224 g/mol. The molecule has 0 bridgehead atoms. The van der Waals surface area contributed by atoms with Crippen molar-refractivity contribution in [3.05, 3.63) is 17.0 Å². The fourth-order valence-corrected chi connectivity index (χ4v) is 2.32. The largest absolute Gasteiger partial charge is 0.392 e. The van der Waals surface area contributed by atoms with Gasteiger partial charge in [0, 0.05) is 19.2 Å². The van der Waals surface area contributed by atoms with Gasteiger partial charge in [0.15, 0.2) is 0 Å². The molecule has 0 aromatic carbocycles. The Kier molecular flexibility index (Phi) is 4.54. The van der Waals surface area contributed by atoms with Gasteiger partial charge in [0.05, 0.1) is 11.8 Å². The third kappa shape index (κ3) is 2.64. The molecule has 0 amide bonds. The third-order valence-corrected chi connectivity index (χ3v) is 3.67. The van der Waals surface area contributed by atoms with Crippen LogP contribution in [-0.2, 0) is 13.5 Å². The molecule has 0 aliphatic heterocycles. The summed E-state index contributed by atoms with van der Waals surface area (Å²) in [4.78, 5) is 0. The smallest absolute Gasteiger partial charge is 0.0629 e. The van der Waals surface area contributed by atoms with Gasteiger partial charge in [-0.1, -0.05) is 26.7 Å². The normalized spacial score (nSPS) is 13.4. The topological polar surface area (TPSA) is 38.1 Å². The molecule has 0 aliphatic rings. The SMILES string of the molecule is CCC(CC)C(O)Cc1c(C)nn(C)c1C. The molecule has 1 N–H and O–H groups in total. The molecule has 1 atom stereocenters. The van der Waals surface area contributed by atoms with Gasteiger partial charge in [0.2, 0.25) is 0 Å². The van der Waals surface area contributed by atoms with Crippen LogP contribution < -0.4 is 0 Å². The van der Waals surface area contributed by atoms with Crippen molar-refractivity contribution >= 4 is 0 Å². The van der Waals surface area contributed by atoms with Crippen molar-refractivity contribution in [1.29, 1.82) is 0 Å². The molecule has 0 saturated heterocycles. The van der Waals surface area contributed by atoms with E-state index in [-0.39, 0.29) is 6.10 Å². The van der Waals surface area contributed by atoms with E-state index in [9.17, 15) is 5.11 Å². The van der Waals surface area contributed by atoms with Crippen LogP contribution in [0.5, 0.6) is 0 Å². The number of hydrogen-bond acceptors (Lipinski definition) is 2. The van der Waals surface area contributed by atoms with Gasteiger partial charge in [0.1, 0.15) is 0 Å². The van der Waals surface area contributed by atoms with Crippen LogP contribution in [0.2, 0.25) is 0 Å². The number of aliphatic hydroxyl groups is 1. The van der Waals surface area contributed by atoms with Gasteiger partial charge in [-0.25, -0.2) is 0 Å². The van der Waals surface area contributed by atoms with Crippen molar-refractivity contribution in [3.8, 4) is 0 Å². The molecule has 1 heterocycles. The Morgan fingerprint density at radius 1 is 1.25 bits per heavy atom. The van der Waals surface area contributed by atoms with Crippen molar-refractivity contribution in [2.24, 2.45) is 13.0 Å². The minimum atomic E-state index is -0.239. The van der Waals surface area contributed by atoms with Gasteiger partial charge in [0.25, 0.3) is 0 Å². The van der Waals surface area contributed by atoms with Crippen LogP contribution >= 0.6 is 0 Å². The minimum absolute atomic E-state index is 0.239. The van der Waals surface area contributed by atoms with Crippen LogP contribution in [0.1, 0.15) is 43.6 Å². The Morgan fingerprint density at radius 3 is 2.19 bits per heavy atom. The van der Waals surface area contributed by atoms with Crippen LogP contribution in [0.15, 0.2) is 0 Å². The highest BCUT2D eigenvalue weighted by molar-refractivity contribution is 5.25. The predicted octanol–water partition coefficient (Wildman–Crippen LogP) is 2.38. The van der Waals surface area contributed by atoms with Gasteiger partial charge < -0.3 is 5.11 Å². The molecule has 1 unspecified atom stereocenters. The molecule has 3 heteroatoms. The fraction of sp³-hybridized carbons (Fsp3) is 0.769. The first-order chi connectivity index (χ1) is 7.51. The van der Waals surface area contributed by atoms with Crippen LogP contribution in [0.3, 0.4) is 0 Å². The first-order valence-electron chi connectivity index (χ1n) is 6.18. The second-order valence-electron chi connectivity index (χ2n) is 4.62. The highest BCUT2D eigenvalue weighted by Gasteiger charge is 2.19. The van der Waals surface area contributed by atoms with Gasteiger partial charge in [-0.2, -0.15) is 5.10 Å². The number of aliphatic hydroxyl groups excluding tert-OH is 1. The maximum absolute atomic E-state index is 10.2. The van der Waals surface area contributed by atoms with Crippen molar-refractivity contribution in [3.63, 3.8) is 0 Å². The lowest BCUT2D eigenvalue weighted by molar-refractivity contribution is 0.103. The lowest BCUT2D eigenvalue weighted by atomic mass is 9.91. The second kappa shape index (κ2) is 5.48. The first-order valence-corrected chi connectivity index (χ1v) is 6.18. The summed E-state index contributed by atoms with van der Waals surface area (Å²) in [6.07, 6.45) is 2.57. The molecule has 0 radical (unpaired) electrons. The molecular formula is C13H24N2O. The van der Waals surface area contributed by atoms with E-state index < -0.39 is 0 Å². The zero-order valence-electron chi connectivity index (χ0n) is 11.1. The summed E-state index contributed by atoms with van der Waals surface area (Å²) in [5, 5.41) is 14.6. The average Bonchev–Trinajstić information content (AvgIpc) is 2.47. The zero-order valence-corrected chi connectivity index (χ0v) is 11.1. The number of hydrogen-bond donors (Lipinski definition) is 1. The van der Waals surface area contributed by atoms with Crippen molar-refractivity contribution < 1.29 is 5.11 Å². The van der Waals surface area contributed by atoms with Gasteiger partial charge in [-0.05, 0) is 25.3 Å². The molecule has 16 heavy (non-hydrogen) atoms. The Bertz CT molecular complexity index is 340. The van der Waals surface area contributed by atoms with E-state index in [1.54, 1.807) is 0 Å². The van der Waals surface area contributed by atoms with E-state index in [4.69, 9.17) is 0 Å². The highest BCUT2D eigenvalue weighted by Crippen LogP contribution is 2.20. The Balaban J connectivity index is 2.80. The van der Waals surface area contributed by atoms with Crippen LogP contribution in [0.25, 0.3) is 0 Å². The Hall–Kier alpha value is -0.830. The molecule has 0 saturated carbocycles. The number of nitrogens with zero attached hydrogens (tertiary/aromatic N) is 2. The Labute approximate surface area is 98.5 Å². The van der Waals surface area contributed by atoms with Crippen molar-refractivity contribution in [2.75, 3.05) is 0 Å². The fourth-order valence-electron chi connectivity index (χ4n) is 2.32. The summed E-state index contributed by atoms with van der Waals surface area (Å²) in [5.41, 5.74) is 3.43. The van der Waals surface area contributed by atoms with E-state index in [1.165, 1.54) is 11.3 Å². The number of aromatic nitrogens is 2. The standard InChI is InChI=1S/C13H24N2O/c1-6-11(7-2)13(16)8-12-9(3)14-15(5)10(12)4/h11,13,16H,6-8H2,1-5H3. The van der Waals surface area contributed by atoms with Crippen LogP contribution in [0.4, 0.5) is 0 Å². The lowest BCUT2D eigenvalue weighted by Gasteiger charge is -2.20. The quantitative estimate of drug-likeness (QED) is 0.834. The van der Waals surface area contributed by atoms with E-state index >= 15 is 0 Å². The lowest BCUT2D eigenvalue weighted by Crippen LogP contribution is -2.22. The third-order valence-electron chi connectivity index (χ3n) is 3.67. The molecular weight excluding hydrogens is 200 g/mol. The molecule has 0 fully saturated rings. The average molecular weight is 224 g/mol. The zero-order chi connectivity index (χ0) is 12.3. The van der Waals surface area contributed by atoms with Crippen molar-refractivity contribution in [2.45, 2.75) is 53.1 Å². The summed E-state index contributed by atoms with van der Waals surface area (Å²) in [5.74, 6) is 0.402. The molecule has 1 aromatic rings. The number of aryl methyl sites for hydroxylation is 2. The van der Waals surface area contributed by atoms with Crippen molar-refractivity contribution in [1.82, 2.24) is 9.78 Å². The van der Waals surface area contributed by atoms with E-state index in [0.29, 0.717) is 5.92 Å². The Morgan fingerprint density at radius 2 is 1.81 bits per heavy atom. The molecule has 3 nitrogen and oxygen atoms in total. The summed E-state index contributed by atoms with van der Waals surface area (Å²) < 4.78 is 1.89. The summed E-state index contributed by atoms with van der Waals surface area (Å²) in [6.45, 7) is 8.36. The number of rotatable bonds is 5. The molecule has 0 aliphatic carbocycles. The first kappa shape index (κ1) is 13.2. The maximum Gasteiger partial charge on any atom is 0.0629 e.